The van der Waals surface area contributed by atoms with Crippen LogP contribution in [0.25, 0.3) is 0 Å². The summed E-state index contributed by atoms with van der Waals surface area (Å²) in [5.41, 5.74) is 8.03. The average molecular weight is 355 g/mol. The fraction of sp³-hybridized carbons (Fsp3) is 0.263. The molecular weight excluding hydrogens is 334 g/mol. The van der Waals surface area contributed by atoms with Crippen LogP contribution in [-0.2, 0) is 4.79 Å². The predicted molar refractivity (Wildman–Crippen MR) is 99.9 cm³/mol. The molecule has 7 heteroatoms. The lowest BCUT2D eigenvalue weighted by atomic mass is 10.1. The van der Waals surface area contributed by atoms with Gasteiger partial charge in [-0.25, -0.2) is 0 Å². The lowest BCUT2D eigenvalue weighted by molar-refractivity contribution is -0.120. The second-order valence-electron chi connectivity index (χ2n) is 5.98. The van der Waals surface area contributed by atoms with Gasteiger partial charge in [-0.05, 0) is 36.8 Å². The largest absolute Gasteiger partial charge is 0.491 e. The Hall–Kier alpha value is -3.22. The molecule has 136 valence electrons. The van der Waals surface area contributed by atoms with Crippen LogP contribution in [-0.4, -0.2) is 32.1 Å². The van der Waals surface area contributed by atoms with Gasteiger partial charge in [0.05, 0.1) is 18.0 Å². The summed E-state index contributed by atoms with van der Waals surface area (Å²) in [6.45, 7) is 2.56. The summed E-state index contributed by atoms with van der Waals surface area (Å²) in [5, 5.41) is 2.81. The maximum Gasteiger partial charge on any atom is 0.264 e. The first-order valence-corrected chi connectivity index (χ1v) is 8.36. The van der Waals surface area contributed by atoms with Crippen LogP contribution < -0.4 is 25.4 Å². The van der Waals surface area contributed by atoms with Crippen molar-refractivity contribution in [1.29, 1.82) is 0 Å². The van der Waals surface area contributed by atoms with Crippen molar-refractivity contribution in [2.24, 2.45) is 0 Å². The van der Waals surface area contributed by atoms with Crippen LogP contribution in [0, 0.1) is 0 Å². The number of nitrogen functional groups attached to an aromatic ring is 1. The molecule has 3 N–H and O–H groups in total. The van der Waals surface area contributed by atoms with Crippen molar-refractivity contribution >= 4 is 28.9 Å². The first kappa shape index (κ1) is 17.6. The van der Waals surface area contributed by atoms with Gasteiger partial charge >= 0.3 is 0 Å². The SMILES string of the molecule is CCCOc1ccc(C(=O)Nc2ccc3c(c2)OCC(=O)N3C)cc1N. The highest BCUT2D eigenvalue weighted by atomic mass is 16.5. The van der Waals surface area contributed by atoms with Crippen LogP contribution >= 0.6 is 0 Å². The molecule has 26 heavy (non-hydrogen) atoms. The molecule has 0 saturated carbocycles. The van der Waals surface area contributed by atoms with Crippen molar-refractivity contribution in [3.05, 3.63) is 42.0 Å². The molecule has 0 atom stereocenters. The zero-order valence-corrected chi connectivity index (χ0v) is 14.7. The van der Waals surface area contributed by atoms with E-state index in [0.717, 1.165) is 6.42 Å². The average Bonchev–Trinajstić information content (AvgIpc) is 2.63. The first-order valence-electron chi connectivity index (χ1n) is 8.36. The summed E-state index contributed by atoms with van der Waals surface area (Å²) in [5.74, 6) is 0.708. The van der Waals surface area contributed by atoms with Crippen LogP contribution in [0.1, 0.15) is 23.7 Å². The molecule has 2 amide bonds. The van der Waals surface area contributed by atoms with Gasteiger partial charge in [-0.15, -0.1) is 0 Å². The van der Waals surface area contributed by atoms with Gasteiger partial charge in [0.2, 0.25) is 0 Å². The number of carbonyl (C=O) groups excluding carboxylic acids is 2. The first-order chi connectivity index (χ1) is 12.5. The van der Waals surface area contributed by atoms with E-state index in [1.165, 1.54) is 4.90 Å². The highest BCUT2D eigenvalue weighted by molar-refractivity contribution is 6.05. The van der Waals surface area contributed by atoms with Gasteiger partial charge in [-0.2, -0.15) is 0 Å². The topological polar surface area (TPSA) is 93.9 Å². The number of fused-ring (bicyclic) bond motifs is 1. The van der Waals surface area contributed by atoms with Gasteiger partial charge in [0.1, 0.15) is 11.5 Å². The number of amides is 2. The maximum absolute atomic E-state index is 12.5. The van der Waals surface area contributed by atoms with Gasteiger partial charge in [0, 0.05) is 24.4 Å². The number of nitrogens with zero attached hydrogens (tertiary/aromatic N) is 1. The smallest absolute Gasteiger partial charge is 0.264 e. The second-order valence-corrected chi connectivity index (χ2v) is 5.98. The number of hydrogen-bond donors (Lipinski definition) is 2. The van der Waals surface area contributed by atoms with Crippen LogP contribution in [0.2, 0.25) is 0 Å². The number of hydrogen-bond acceptors (Lipinski definition) is 5. The number of rotatable bonds is 5. The minimum atomic E-state index is -0.293. The van der Waals surface area contributed by atoms with E-state index in [9.17, 15) is 9.59 Å². The third-order valence-corrected chi connectivity index (χ3v) is 4.04. The van der Waals surface area contributed by atoms with Crippen LogP contribution in [0.5, 0.6) is 11.5 Å². The standard InChI is InChI=1S/C19H21N3O4/c1-3-8-25-16-7-4-12(9-14(16)20)19(24)21-13-5-6-15-17(10-13)26-11-18(23)22(15)2/h4-7,9-10H,3,8,11,20H2,1-2H3,(H,21,24). The summed E-state index contributed by atoms with van der Waals surface area (Å²) in [6, 6.07) is 10.1. The minimum absolute atomic E-state index is 0.0172. The van der Waals surface area contributed by atoms with Gasteiger partial charge in [-0.3, -0.25) is 9.59 Å². The predicted octanol–water partition coefficient (Wildman–Crippen LogP) is 2.67. The van der Waals surface area contributed by atoms with Crippen molar-refractivity contribution in [2.75, 3.05) is 36.2 Å². The van der Waals surface area contributed by atoms with E-state index in [1.807, 2.05) is 6.92 Å². The summed E-state index contributed by atoms with van der Waals surface area (Å²) in [7, 11) is 1.69. The van der Waals surface area contributed by atoms with Gasteiger partial charge in [-0.1, -0.05) is 6.92 Å². The molecule has 0 fully saturated rings. The van der Waals surface area contributed by atoms with E-state index in [-0.39, 0.29) is 18.4 Å². The Morgan fingerprint density at radius 1 is 1.31 bits per heavy atom. The minimum Gasteiger partial charge on any atom is -0.491 e. The van der Waals surface area contributed by atoms with E-state index in [4.69, 9.17) is 15.2 Å². The van der Waals surface area contributed by atoms with E-state index >= 15 is 0 Å². The van der Waals surface area contributed by atoms with Crippen molar-refractivity contribution in [3.63, 3.8) is 0 Å². The zero-order chi connectivity index (χ0) is 18.7. The molecule has 7 nitrogen and oxygen atoms in total. The van der Waals surface area contributed by atoms with E-state index in [2.05, 4.69) is 5.32 Å². The summed E-state index contributed by atoms with van der Waals surface area (Å²) in [4.78, 5) is 25.6. The summed E-state index contributed by atoms with van der Waals surface area (Å²) < 4.78 is 10.9. The molecule has 2 aromatic carbocycles. The van der Waals surface area contributed by atoms with Crippen LogP contribution in [0.4, 0.5) is 17.1 Å². The molecule has 0 bridgehead atoms. The normalized spacial score (nSPS) is 13.0. The Morgan fingerprint density at radius 2 is 2.12 bits per heavy atom. The van der Waals surface area contributed by atoms with E-state index in [1.54, 1.807) is 43.4 Å². The molecular formula is C19H21N3O4. The quantitative estimate of drug-likeness (QED) is 0.804. The van der Waals surface area contributed by atoms with Gasteiger partial charge in [0.25, 0.3) is 11.8 Å². The van der Waals surface area contributed by atoms with Crippen LogP contribution in [0.3, 0.4) is 0 Å². The summed E-state index contributed by atoms with van der Waals surface area (Å²) >= 11 is 0. The molecule has 1 aliphatic heterocycles. The number of likely N-dealkylation sites (N-methyl/N-ethyl adjacent to an activating group) is 1. The molecule has 3 rings (SSSR count). The number of nitrogens with one attached hydrogen (secondary N) is 1. The molecule has 1 heterocycles. The Bertz CT molecular complexity index is 851. The van der Waals surface area contributed by atoms with Gasteiger partial charge in [0.15, 0.2) is 6.61 Å². The third-order valence-electron chi connectivity index (χ3n) is 4.04. The molecule has 0 radical (unpaired) electrons. The second kappa shape index (κ2) is 7.35. The molecule has 2 aromatic rings. The Balaban J connectivity index is 1.74. The Kier molecular flexibility index (Phi) is 4.97. The number of nitrogens with two attached hydrogens (primary N) is 1. The lowest BCUT2D eigenvalue weighted by Gasteiger charge is -2.26. The van der Waals surface area contributed by atoms with Crippen molar-refractivity contribution in [1.82, 2.24) is 0 Å². The van der Waals surface area contributed by atoms with E-state index in [0.29, 0.717) is 40.7 Å². The fourth-order valence-electron chi connectivity index (χ4n) is 2.59. The number of anilines is 3. The molecule has 0 saturated heterocycles. The molecule has 0 aliphatic carbocycles. The monoisotopic (exact) mass is 355 g/mol. The van der Waals surface area contributed by atoms with Crippen LogP contribution in [0.15, 0.2) is 36.4 Å². The molecule has 0 spiro atoms. The van der Waals surface area contributed by atoms with E-state index < -0.39 is 0 Å². The molecule has 0 unspecified atom stereocenters. The van der Waals surface area contributed by atoms with Crippen molar-refractivity contribution in [3.8, 4) is 11.5 Å². The zero-order valence-electron chi connectivity index (χ0n) is 14.7. The fourth-order valence-corrected chi connectivity index (χ4v) is 2.59. The summed E-state index contributed by atoms with van der Waals surface area (Å²) in [6.07, 6.45) is 0.878. The maximum atomic E-state index is 12.5. The number of ether oxygens (including phenoxy) is 2. The Morgan fingerprint density at radius 3 is 2.85 bits per heavy atom. The highest BCUT2D eigenvalue weighted by Crippen LogP contribution is 2.33. The third kappa shape index (κ3) is 3.56. The molecule has 0 aromatic heterocycles. The Labute approximate surface area is 151 Å². The van der Waals surface area contributed by atoms with Crippen molar-refractivity contribution in [2.45, 2.75) is 13.3 Å². The molecule has 1 aliphatic rings. The lowest BCUT2D eigenvalue weighted by Crippen LogP contribution is -2.35. The number of benzene rings is 2. The highest BCUT2D eigenvalue weighted by Gasteiger charge is 2.22. The van der Waals surface area contributed by atoms with Crippen molar-refractivity contribution < 1.29 is 19.1 Å². The number of carbonyl (C=O) groups is 2. The van der Waals surface area contributed by atoms with Gasteiger partial charge < -0.3 is 25.4 Å².